The van der Waals surface area contributed by atoms with Crippen LogP contribution in [0.15, 0.2) is 334 Å². The molecule has 0 fully saturated rings. The topological polar surface area (TPSA) is 43.6 Å². The summed E-state index contributed by atoms with van der Waals surface area (Å²) in [6, 6.07) is 118. The molecule has 1 aliphatic carbocycles. The predicted molar refractivity (Wildman–Crippen MR) is 367 cm³/mol. The standard InChI is InChI=1S/C84H56N4/c1-7-25-58(26-8-1)73-55-74(59-27-9-2-10-28-59)78(77(73)60-31-11-3-12-32-60)61-45-47-65(48-46-61)83-85-79(76-54-67(71-43-23-39-56-29-19-21-41-69(56)71)53-75(81(76)86-83)72-44-24-40-57-30-20-22-42-70(57)72)63-49-51-68(52-50-63)88-82(64-35-15-5-16-36-64)80(62-33-13-4-14-34-62)87-84(88)66-37-17-6-18-38-66/h1-55,78H. The molecule has 0 aliphatic heterocycles. The van der Waals surface area contributed by atoms with Crippen LogP contribution in [0.5, 0.6) is 0 Å². The highest BCUT2D eigenvalue weighted by Gasteiger charge is 2.32. The van der Waals surface area contributed by atoms with E-state index in [1.807, 2.05) is 0 Å². The molecule has 15 aromatic rings. The average Bonchev–Trinajstić information content (AvgIpc) is 1.77. The van der Waals surface area contributed by atoms with Crippen molar-refractivity contribution in [2.75, 3.05) is 0 Å². The first-order valence-electron chi connectivity index (χ1n) is 30.1. The molecule has 0 amide bonds. The highest BCUT2D eigenvalue weighted by molar-refractivity contribution is 6.12. The van der Waals surface area contributed by atoms with E-state index in [1.54, 1.807) is 0 Å². The van der Waals surface area contributed by atoms with Crippen molar-refractivity contribution in [1.29, 1.82) is 0 Å². The number of benzene rings is 13. The van der Waals surface area contributed by atoms with Crippen LogP contribution < -0.4 is 0 Å². The second-order valence-electron chi connectivity index (χ2n) is 22.6. The maximum atomic E-state index is 5.77. The summed E-state index contributed by atoms with van der Waals surface area (Å²) in [5.41, 5.74) is 22.6. The molecule has 412 valence electrons. The van der Waals surface area contributed by atoms with Crippen molar-refractivity contribution in [3.63, 3.8) is 0 Å². The molecule has 0 saturated carbocycles. The van der Waals surface area contributed by atoms with Crippen molar-refractivity contribution in [3.05, 3.63) is 356 Å². The molecule has 2 aromatic heterocycles. The number of fused-ring (bicyclic) bond motifs is 3. The van der Waals surface area contributed by atoms with Crippen molar-refractivity contribution in [1.82, 2.24) is 19.5 Å². The molecule has 4 nitrogen and oxygen atoms in total. The lowest BCUT2D eigenvalue weighted by Crippen LogP contribution is -2.04. The quantitative estimate of drug-likeness (QED) is 0.122. The maximum absolute atomic E-state index is 5.77. The first kappa shape index (κ1) is 52.0. The number of rotatable bonds is 12. The summed E-state index contributed by atoms with van der Waals surface area (Å²) in [6.07, 6.45) is 2.41. The van der Waals surface area contributed by atoms with Crippen LogP contribution in [0, 0.1) is 0 Å². The summed E-state index contributed by atoms with van der Waals surface area (Å²) in [5.74, 6) is 1.46. The lowest BCUT2D eigenvalue weighted by molar-refractivity contribution is 1.07. The van der Waals surface area contributed by atoms with Crippen LogP contribution in [0.1, 0.15) is 28.2 Å². The summed E-state index contributed by atoms with van der Waals surface area (Å²) in [5, 5.41) is 5.65. The Bertz CT molecular complexity index is 5120. The first-order chi connectivity index (χ1) is 43.7. The normalized spacial score (nSPS) is 13.1. The Labute approximate surface area is 512 Å². The molecule has 0 saturated heterocycles. The van der Waals surface area contributed by atoms with Crippen LogP contribution in [0.2, 0.25) is 0 Å². The van der Waals surface area contributed by atoms with Gasteiger partial charge in [-0.1, -0.05) is 303 Å². The van der Waals surface area contributed by atoms with Gasteiger partial charge in [-0.3, -0.25) is 4.57 Å². The zero-order chi connectivity index (χ0) is 58.3. The van der Waals surface area contributed by atoms with Gasteiger partial charge < -0.3 is 0 Å². The summed E-state index contributed by atoms with van der Waals surface area (Å²) in [7, 11) is 0. The number of allylic oxidation sites excluding steroid dienone is 4. The smallest absolute Gasteiger partial charge is 0.160 e. The number of imidazole rings is 1. The van der Waals surface area contributed by atoms with Gasteiger partial charge in [0.15, 0.2) is 5.82 Å². The fourth-order valence-corrected chi connectivity index (χ4v) is 13.2. The van der Waals surface area contributed by atoms with E-state index in [2.05, 4.69) is 338 Å². The van der Waals surface area contributed by atoms with Crippen LogP contribution in [-0.2, 0) is 0 Å². The third kappa shape index (κ3) is 9.41. The average molecular weight is 1120 g/mol. The third-order valence-electron chi connectivity index (χ3n) is 17.4. The van der Waals surface area contributed by atoms with Crippen molar-refractivity contribution in [3.8, 4) is 84.5 Å². The number of aromatic nitrogens is 4. The zero-order valence-corrected chi connectivity index (χ0v) is 48.1. The van der Waals surface area contributed by atoms with Gasteiger partial charge >= 0.3 is 0 Å². The van der Waals surface area contributed by atoms with Crippen molar-refractivity contribution in [2.45, 2.75) is 5.92 Å². The Morgan fingerprint density at radius 3 is 1.41 bits per heavy atom. The van der Waals surface area contributed by atoms with Gasteiger partial charge in [-0.15, -0.1) is 0 Å². The Kier molecular flexibility index (Phi) is 13.3. The van der Waals surface area contributed by atoms with E-state index in [9.17, 15) is 0 Å². The molecule has 1 unspecified atom stereocenters. The molecule has 0 spiro atoms. The largest absolute Gasteiger partial charge is 0.292 e. The van der Waals surface area contributed by atoms with E-state index < -0.39 is 0 Å². The molecule has 4 heteroatoms. The maximum Gasteiger partial charge on any atom is 0.160 e. The summed E-state index contributed by atoms with van der Waals surface area (Å²) in [4.78, 5) is 17.0. The van der Waals surface area contributed by atoms with Crippen molar-refractivity contribution < 1.29 is 0 Å². The minimum absolute atomic E-state index is 0.0461. The van der Waals surface area contributed by atoms with Gasteiger partial charge in [0.2, 0.25) is 0 Å². The van der Waals surface area contributed by atoms with Crippen molar-refractivity contribution >= 4 is 49.2 Å². The Morgan fingerprint density at radius 2 is 0.784 bits per heavy atom. The lowest BCUT2D eigenvalue weighted by Gasteiger charge is -2.22. The van der Waals surface area contributed by atoms with E-state index >= 15 is 0 Å². The van der Waals surface area contributed by atoms with E-state index in [0.29, 0.717) is 5.82 Å². The van der Waals surface area contributed by atoms with Crippen LogP contribution in [0.4, 0.5) is 0 Å². The SMILES string of the molecule is C1=C(c2ccccc2)C(c2ccc(-c3nc(-c4ccc(-n5c(-c6ccccc6)nc(-c6ccccc6)c5-c5ccccc5)cc4)c4cc(-c5cccc6ccccc56)cc(-c5cccc6ccccc56)c4n3)cc2)C(c2ccccc2)=C1c1ccccc1. The van der Waals surface area contributed by atoms with Gasteiger partial charge in [0.05, 0.1) is 22.6 Å². The Morgan fingerprint density at radius 1 is 0.295 bits per heavy atom. The summed E-state index contributed by atoms with van der Waals surface area (Å²) in [6.45, 7) is 0. The van der Waals surface area contributed by atoms with Gasteiger partial charge in [-0.2, -0.15) is 0 Å². The number of hydrogen-bond acceptors (Lipinski definition) is 3. The number of hydrogen-bond donors (Lipinski definition) is 0. The van der Waals surface area contributed by atoms with E-state index in [0.717, 1.165) is 95.0 Å². The molecule has 1 aliphatic rings. The van der Waals surface area contributed by atoms with Gasteiger partial charge in [-0.05, 0) is 108 Å². The molecule has 0 radical (unpaired) electrons. The van der Waals surface area contributed by atoms with Crippen LogP contribution in [-0.4, -0.2) is 19.5 Å². The van der Waals surface area contributed by atoms with Gasteiger partial charge in [0.1, 0.15) is 5.82 Å². The molecular formula is C84H56N4. The zero-order valence-electron chi connectivity index (χ0n) is 48.1. The molecule has 0 bridgehead atoms. The van der Waals surface area contributed by atoms with E-state index in [4.69, 9.17) is 15.0 Å². The van der Waals surface area contributed by atoms with Crippen molar-refractivity contribution in [2.24, 2.45) is 0 Å². The van der Waals surface area contributed by atoms with Crippen LogP contribution in [0.3, 0.4) is 0 Å². The third-order valence-corrected chi connectivity index (χ3v) is 17.4. The highest BCUT2D eigenvalue weighted by atomic mass is 15.1. The fourth-order valence-electron chi connectivity index (χ4n) is 13.2. The molecular weight excluding hydrogens is 1060 g/mol. The summed E-state index contributed by atoms with van der Waals surface area (Å²) >= 11 is 0. The predicted octanol–water partition coefficient (Wildman–Crippen LogP) is 21.6. The van der Waals surface area contributed by atoms with Gasteiger partial charge in [0, 0.05) is 50.4 Å². The van der Waals surface area contributed by atoms with Crippen LogP contribution >= 0.6 is 0 Å². The first-order valence-corrected chi connectivity index (χ1v) is 30.1. The minimum Gasteiger partial charge on any atom is -0.292 e. The molecule has 88 heavy (non-hydrogen) atoms. The molecule has 13 aromatic carbocycles. The van der Waals surface area contributed by atoms with Gasteiger partial charge in [0.25, 0.3) is 0 Å². The second kappa shape index (κ2) is 22.4. The second-order valence-corrected chi connectivity index (χ2v) is 22.6. The lowest BCUT2D eigenvalue weighted by atomic mass is 9.81. The molecule has 1 atom stereocenters. The fraction of sp³-hybridized carbons (Fsp3) is 0.0119. The van der Waals surface area contributed by atoms with E-state index in [1.165, 1.54) is 55.1 Å². The molecule has 16 rings (SSSR count). The summed E-state index contributed by atoms with van der Waals surface area (Å²) < 4.78 is 2.32. The Hall–Kier alpha value is -11.6. The Balaban J connectivity index is 0.923. The molecule has 2 heterocycles. The van der Waals surface area contributed by atoms with Crippen LogP contribution in [0.25, 0.3) is 134 Å². The van der Waals surface area contributed by atoms with Gasteiger partial charge in [-0.25, -0.2) is 15.0 Å². The molecule has 0 N–H and O–H groups in total. The monoisotopic (exact) mass is 1120 g/mol. The minimum atomic E-state index is -0.0461. The highest BCUT2D eigenvalue weighted by Crippen LogP contribution is 2.53. The van der Waals surface area contributed by atoms with E-state index in [-0.39, 0.29) is 5.92 Å². The number of nitrogens with zero attached hydrogens (tertiary/aromatic N) is 4.